The average molecular weight is 364 g/mol. The Morgan fingerprint density at radius 1 is 1.12 bits per heavy atom. The molecule has 26 heavy (non-hydrogen) atoms. The summed E-state index contributed by atoms with van der Waals surface area (Å²) in [5.41, 5.74) is -0.683. The molecule has 0 spiro atoms. The van der Waals surface area contributed by atoms with Crippen LogP contribution in [-0.4, -0.2) is 55.0 Å². The second-order valence-electron chi connectivity index (χ2n) is 7.09. The number of rotatable bonds is 8. The molecule has 0 radical (unpaired) electrons. The molecule has 0 fully saturated rings. The Balaban J connectivity index is 2.69. The summed E-state index contributed by atoms with van der Waals surface area (Å²) in [5.74, 6) is 0.102. The molecule has 0 aliphatic carbocycles. The fraction of sp³-hybridized carbons (Fsp3) is 0.526. The maximum Gasteiger partial charge on any atom is 0.408 e. The highest BCUT2D eigenvalue weighted by molar-refractivity contribution is 5.89. The molecule has 1 aromatic rings. The first-order valence-electron chi connectivity index (χ1n) is 8.48. The lowest BCUT2D eigenvalue weighted by molar-refractivity contribution is -0.129. The molecule has 0 aromatic heterocycles. The van der Waals surface area contributed by atoms with Crippen LogP contribution in [0.25, 0.3) is 0 Å². The van der Waals surface area contributed by atoms with E-state index in [0.717, 1.165) is 0 Å². The van der Waals surface area contributed by atoms with Crippen LogP contribution in [-0.2, 0) is 14.3 Å². The Bertz CT molecular complexity index is 608. The number of ketones is 1. The van der Waals surface area contributed by atoms with Crippen LogP contribution in [0, 0.1) is 0 Å². The molecule has 0 bridgehead atoms. The first-order valence-corrected chi connectivity index (χ1v) is 8.48. The van der Waals surface area contributed by atoms with Crippen molar-refractivity contribution in [3.63, 3.8) is 0 Å². The van der Waals surface area contributed by atoms with Crippen molar-refractivity contribution >= 4 is 17.8 Å². The van der Waals surface area contributed by atoms with Crippen molar-refractivity contribution in [3.05, 3.63) is 30.3 Å². The quantitative estimate of drug-likeness (QED) is 0.766. The second kappa shape index (κ2) is 9.79. The summed E-state index contributed by atoms with van der Waals surface area (Å²) in [7, 11) is 3.28. The topological polar surface area (TPSA) is 84.9 Å². The van der Waals surface area contributed by atoms with E-state index in [1.807, 2.05) is 6.07 Å². The van der Waals surface area contributed by atoms with E-state index in [0.29, 0.717) is 5.75 Å². The minimum Gasteiger partial charge on any atom is -0.486 e. The van der Waals surface area contributed by atoms with E-state index in [9.17, 15) is 14.4 Å². The summed E-state index contributed by atoms with van der Waals surface area (Å²) < 4.78 is 10.6. The van der Waals surface area contributed by atoms with E-state index in [-0.39, 0.29) is 31.1 Å². The highest BCUT2D eigenvalue weighted by Crippen LogP contribution is 2.11. The minimum absolute atomic E-state index is 0.127. The van der Waals surface area contributed by atoms with Gasteiger partial charge in [0.25, 0.3) is 0 Å². The summed E-state index contributed by atoms with van der Waals surface area (Å²) in [5, 5.41) is 2.54. The Morgan fingerprint density at radius 3 is 2.27 bits per heavy atom. The maximum absolute atomic E-state index is 12.5. The zero-order valence-electron chi connectivity index (χ0n) is 16.1. The van der Waals surface area contributed by atoms with Gasteiger partial charge >= 0.3 is 6.09 Å². The summed E-state index contributed by atoms with van der Waals surface area (Å²) in [4.78, 5) is 37.7. The molecule has 0 heterocycles. The number of alkyl carbamates (subject to hydrolysis) is 1. The van der Waals surface area contributed by atoms with Gasteiger partial charge in [0.15, 0.2) is 5.78 Å². The van der Waals surface area contributed by atoms with Crippen molar-refractivity contribution in [1.82, 2.24) is 10.2 Å². The molecule has 2 amide bonds. The highest BCUT2D eigenvalue weighted by Gasteiger charge is 2.25. The predicted octanol–water partition coefficient (Wildman–Crippen LogP) is 2.40. The van der Waals surface area contributed by atoms with Crippen molar-refractivity contribution in [3.8, 4) is 5.75 Å². The first kappa shape index (κ1) is 21.5. The first-order chi connectivity index (χ1) is 12.1. The average Bonchev–Trinajstić information content (AvgIpc) is 2.55. The van der Waals surface area contributed by atoms with Gasteiger partial charge in [-0.05, 0) is 39.3 Å². The minimum atomic E-state index is -0.863. The van der Waals surface area contributed by atoms with Crippen LogP contribution in [0.3, 0.4) is 0 Å². The molecule has 0 aliphatic heterocycles. The van der Waals surface area contributed by atoms with E-state index in [4.69, 9.17) is 9.47 Å². The third kappa shape index (κ3) is 8.50. The highest BCUT2D eigenvalue weighted by atomic mass is 16.6. The molecule has 1 aromatic carbocycles. The number of benzene rings is 1. The molecular weight excluding hydrogens is 336 g/mol. The Hall–Kier alpha value is -2.57. The van der Waals surface area contributed by atoms with E-state index in [1.165, 1.54) is 4.90 Å². The van der Waals surface area contributed by atoms with Crippen LogP contribution < -0.4 is 10.1 Å². The van der Waals surface area contributed by atoms with Gasteiger partial charge in [0.05, 0.1) is 6.04 Å². The molecule has 0 saturated heterocycles. The number of hydrogen-bond donors (Lipinski definition) is 1. The van der Waals surface area contributed by atoms with Crippen LogP contribution in [0.15, 0.2) is 30.3 Å². The van der Waals surface area contributed by atoms with Crippen LogP contribution in [0.4, 0.5) is 4.79 Å². The molecule has 0 unspecified atom stereocenters. The molecule has 7 nitrogen and oxygen atoms in total. The number of hydrogen-bond acceptors (Lipinski definition) is 5. The summed E-state index contributed by atoms with van der Waals surface area (Å²) in [6.45, 7) is 4.99. The number of nitrogens with one attached hydrogen (secondary N) is 1. The van der Waals surface area contributed by atoms with Crippen molar-refractivity contribution in [2.24, 2.45) is 0 Å². The van der Waals surface area contributed by atoms with Gasteiger partial charge in [-0.2, -0.15) is 0 Å². The third-order valence-corrected chi connectivity index (χ3v) is 3.35. The Labute approximate surface area is 154 Å². The van der Waals surface area contributed by atoms with Gasteiger partial charge in [-0.15, -0.1) is 0 Å². The van der Waals surface area contributed by atoms with Gasteiger partial charge in [0.2, 0.25) is 5.91 Å². The van der Waals surface area contributed by atoms with Gasteiger partial charge in [-0.1, -0.05) is 18.2 Å². The van der Waals surface area contributed by atoms with Gasteiger partial charge in [0, 0.05) is 20.5 Å². The normalized spacial score (nSPS) is 12.0. The number of para-hydroxylation sites is 1. The lowest BCUT2D eigenvalue weighted by Gasteiger charge is -2.23. The molecule has 1 atom stereocenters. The monoisotopic (exact) mass is 364 g/mol. The number of carbonyl (C=O) groups is 3. The standard InChI is InChI=1S/C19H28N2O5/c1-19(2,3)26-18(24)20-15(11-12-17(23)21(4)5)16(22)13-25-14-9-7-6-8-10-14/h6-10,15H,11-13H2,1-5H3,(H,20,24)/t15-/m0/s1. The largest absolute Gasteiger partial charge is 0.486 e. The van der Waals surface area contributed by atoms with Crippen molar-refractivity contribution in [1.29, 1.82) is 0 Å². The SMILES string of the molecule is CN(C)C(=O)CC[C@H](NC(=O)OC(C)(C)C)C(=O)COc1ccccc1. The zero-order valence-corrected chi connectivity index (χ0v) is 16.1. The molecule has 7 heteroatoms. The van der Waals surface area contributed by atoms with Crippen molar-refractivity contribution in [2.45, 2.75) is 45.3 Å². The number of carbonyl (C=O) groups excluding carboxylic acids is 3. The van der Waals surface area contributed by atoms with Gasteiger partial charge < -0.3 is 19.7 Å². The van der Waals surface area contributed by atoms with Gasteiger partial charge in [-0.3, -0.25) is 9.59 Å². The molecule has 1 N–H and O–H groups in total. The lowest BCUT2D eigenvalue weighted by atomic mass is 10.1. The van der Waals surface area contributed by atoms with E-state index >= 15 is 0 Å². The zero-order chi connectivity index (χ0) is 19.7. The number of amides is 2. The summed E-state index contributed by atoms with van der Waals surface area (Å²) in [6.07, 6.45) is -0.398. The van der Waals surface area contributed by atoms with Crippen LogP contribution in [0.2, 0.25) is 0 Å². The van der Waals surface area contributed by atoms with Gasteiger partial charge in [0.1, 0.15) is 18.0 Å². The van der Waals surface area contributed by atoms with E-state index in [2.05, 4.69) is 5.32 Å². The number of ether oxygens (including phenoxy) is 2. The summed E-state index contributed by atoms with van der Waals surface area (Å²) in [6, 6.07) is 8.04. The van der Waals surface area contributed by atoms with Crippen LogP contribution in [0.1, 0.15) is 33.6 Å². The Morgan fingerprint density at radius 2 is 1.73 bits per heavy atom. The molecule has 144 valence electrons. The predicted molar refractivity (Wildman–Crippen MR) is 98.0 cm³/mol. The fourth-order valence-corrected chi connectivity index (χ4v) is 2.03. The molecular formula is C19H28N2O5. The van der Waals surface area contributed by atoms with Crippen molar-refractivity contribution < 1.29 is 23.9 Å². The van der Waals surface area contributed by atoms with Crippen molar-refractivity contribution in [2.75, 3.05) is 20.7 Å². The molecule has 1 rings (SSSR count). The van der Waals surface area contributed by atoms with Crippen LogP contribution in [0.5, 0.6) is 5.75 Å². The molecule has 0 saturated carbocycles. The third-order valence-electron chi connectivity index (χ3n) is 3.35. The fourth-order valence-electron chi connectivity index (χ4n) is 2.03. The maximum atomic E-state index is 12.5. The van der Waals surface area contributed by atoms with E-state index < -0.39 is 17.7 Å². The van der Waals surface area contributed by atoms with Gasteiger partial charge in [-0.25, -0.2) is 4.79 Å². The smallest absolute Gasteiger partial charge is 0.408 e. The number of nitrogens with zero attached hydrogens (tertiary/aromatic N) is 1. The molecule has 0 aliphatic rings. The van der Waals surface area contributed by atoms with Crippen LogP contribution >= 0.6 is 0 Å². The van der Waals surface area contributed by atoms with E-state index in [1.54, 1.807) is 59.1 Å². The second-order valence-corrected chi connectivity index (χ2v) is 7.09. The lowest BCUT2D eigenvalue weighted by Crippen LogP contribution is -2.45. The Kier molecular flexibility index (Phi) is 8.09. The number of Topliss-reactive ketones (excluding diaryl/α,β-unsaturated/α-hetero) is 1. The summed E-state index contributed by atoms with van der Waals surface area (Å²) >= 11 is 0.